The fourth-order valence-corrected chi connectivity index (χ4v) is 11.1. The number of halogens is 1. The smallest absolute Gasteiger partial charge is 0.286 e. The van der Waals surface area contributed by atoms with Gasteiger partial charge in [-0.3, -0.25) is 14.3 Å². The Balaban J connectivity index is 1.27. The summed E-state index contributed by atoms with van der Waals surface area (Å²) in [7, 11) is -0.0367. The topological polar surface area (TPSA) is 107 Å². The number of allylic oxidation sites excluding steroid dienone is 1. The van der Waals surface area contributed by atoms with E-state index in [4.69, 9.17) is 25.8 Å². The third-order valence-corrected chi connectivity index (χ3v) is 14.2. The zero-order chi connectivity index (χ0) is 35.3. The first-order valence-corrected chi connectivity index (χ1v) is 20.1. The number of hydrogen-bond acceptors (Lipinski definition) is 7. The van der Waals surface area contributed by atoms with Crippen LogP contribution in [0.4, 0.5) is 5.69 Å². The van der Waals surface area contributed by atoms with E-state index in [9.17, 15) is 13.8 Å². The van der Waals surface area contributed by atoms with E-state index in [0.717, 1.165) is 55.9 Å². The van der Waals surface area contributed by atoms with E-state index in [1.165, 1.54) is 11.1 Å². The number of ether oxygens (including phenoxy) is 3. The molecule has 270 valence electrons. The molecule has 7 rings (SSSR count). The molecular formula is C39H50ClN3O6S. The standard InChI is InChI=1S/C39H50ClN3O6S/c1-25-7-5-9-34(47-3)31-13-10-28(31)21-43-23-39(16-6-8-26-17-30(40)12-14-32(26)39)24-49-35-15-11-27(18-33(35)43)36(44)41-50(46,22-25)42-37(45)29-19-38(2,20-29)48-4/h5,9,11-12,14-15,17-18,25,28-29,31,34H,6-8,10,13,16,19-24H2,1-4H3,(H,41,42,44,45,46)/b9-5+/t25-,28-,29?,31+,34-,38?,39-,50?/m0/s1. The fraction of sp³-hybridized carbons (Fsp3) is 0.590. The largest absolute Gasteiger partial charge is 0.490 e. The van der Waals surface area contributed by atoms with E-state index < -0.39 is 15.8 Å². The molecule has 2 saturated carbocycles. The Kier molecular flexibility index (Phi) is 9.86. The van der Waals surface area contributed by atoms with Gasteiger partial charge in [0, 0.05) is 49.2 Å². The second-order valence-corrected chi connectivity index (χ2v) is 18.1. The van der Waals surface area contributed by atoms with Crippen molar-refractivity contribution in [3.05, 3.63) is 70.3 Å². The first-order valence-electron chi connectivity index (χ1n) is 18.1. The van der Waals surface area contributed by atoms with E-state index in [-0.39, 0.29) is 40.6 Å². The second-order valence-electron chi connectivity index (χ2n) is 15.7. The maximum atomic E-state index is 14.5. The van der Waals surface area contributed by atoms with Gasteiger partial charge in [0.25, 0.3) is 5.91 Å². The van der Waals surface area contributed by atoms with Crippen LogP contribution < -0.4 is 14.4 Å². The first-order chi connectivity index (χ1) is 23.9. The monoisotopic (exact) mass is 723 g/mol. The molecule has 1 spiro atoms. The van der Waals surface area contributed by atoms with Crippen LogP contribution in [0.5, 0.6) is 5.75 Å². The molecule has 1 unspecified atom stereocenters. The van der Waals surface area contributed by atoms with E-state index in [1.807, 2.05) is 32.0 Å². The average molecular weight is 724 g/mol. The Labute approximate surface area is 301 Å². The van der Waals surface area contributed by atoms with Crippen LogP contribution in [-0.2, 0) is 36.0 Å². The number of hydrogen-bond donors (Lipinski definition) is 1. The molecule has 9 nitrogen and oxygen atoms in total. The van der Waals surface area contributed by atoms with Crippen molar-refractivity contribution in [2.45, 2.75) is 82.3 Å². The van der Waals surface area contributed by atoms with Crippen LogP contribution in [-0.4, -0.2) is 67.4 Å². The zero-order valence-electron chi connectivity index (χ0n) is 29.6. The molecule has 2 bridgehead atoms. The first kappa shape index (κ1) is 35.5. The summed E-state index contributed by atoms with van der Waals surface area (Å²) in [5, 5.41) is 0.745. The fourth-order valence-electron chi connectivity index (χ4n) is 8.94. The lowest BCUT2D eigenvalue weighted by Crippen LogP contribution is -2.50. The molecule has 2 aromatic carbocycles. The summed E-state index contributed by atoms with van der Waals surface area (Å²) < 4.78 is 39.8. The van der Waals surface area contributed by atoms with Crippen molar-refractivity contribution in [3.8, 4) is 5.75 Å². The van der Waals surface area contributed by atoms with Crippen LogP contribution in [0.3, 0.4) is 0 Å². The van der Waals surface area contributed by atoms with Gasteiger partial charge in [-0.1, -0.05) is 36.7 Å². The van der Waals surface area contributed by atoms with Gasteiger partial charge in [0.05, 0.1) is 29.8 Å². The highest BCUT2D eigenvalue weighted by molar-refractivity contribution is 7.92. The summed E-state index contributed by atoms with van der Waals surface area (Å²) in [5.41, 5.74) is 3.08. The number of aryl methyl sites for hydroxylation is 1. The van der Waals surface area contributed by atoms with E-state index in [0.29, 0.717) is 49.0 Å². The van der Waals surface area contributed by atoms with Crippen molar-refractivity contribution < 1.29 is 28.0 Å². The van der Waals surface area contributed by atoms with Crippen molar-refractivity contribution in [1.82, 2.24) is 4.72 Å². The third-order valence-electron chi connectivity index (χ3n) is 12.0. The number of benzene rings is 2. The molecule has 2 aromatic rings. The van der Waals surface area contributed by atoms with Crippen molar-refractivity contribution in [3.63, 3.8) is 0 Å². The maximum Gasteiger partial charge on any atom is 0.286 e. The number of methoxy groups -OCH3 is 2. The molecule has 0 radical (unpaired) electrons. The molecule has 2 aliphatic heterocycles. The number of anilines is 1. The van der Waals surface area contributed by atoms with Crippen molar-refractivity contribution in [2.75, 3.05) is 44.6 Å². The minimum atomic E-state index is -3.44. The minimum absolute atomic E-state index is 0.0431. The molecule has 50 heavy (non-hydrogen) atoms. The lowest BCUT2D eigenvalue weighted by atomic mass is 9.68. The highest BCUT2D eigenvalue weighted by atomic mass is 35.5. The Hall–Kier alpha value is -2.92. The van der Waals surface area contributed by atoms with Gasteiger partial charge >= 0.3 is 0 Å². The van der Waals surface area contributed by atoms with Gasteiger partial charge in [-0.05, 0) is 118 Å². The molecule has 3 aliphatic carbocycles. The molecule has 2 fully saturated rings. The molecule has 1 N–H and O–H groups in total. The van der Waals surface area contributed by atoms with Crippen LogP contribution in [0.2, 0.25) is 5.02 Å². The van der Waals surface area contributed by atoms with Crippen LogP contribution in [0.1, 0.15) is 80.3 Å². The zero-order valence-corrected chi connectivity index (χ0v) is 31.2. The van der Waals surface area contributed by atoms with Gasteiger partial charge in [0.15, 0.2) is 0 Å². The van der Waals surface area contributed by atoms with Crippen LogP contribution in [0.15, 0.2) is 52.9 Å². The van der Waals surface area contributed by atoms with Crippen LogP contribution in [0.25, 0.3) is 0 Å². The molecule has 0 aromatic heterocycles. The quantitative estimate of drug-likeness (QED) is 0.342. The van der Waals surface area contributed by atoms with E-state index >= 15 is 0 Å². The van der Waals surface area contributed by atoms with Crippen molar-refractivity contribution >= 4 is 39.0 Å². The molecule has 0 saturated heterocycles. The van der Waals surface area contributed by atoms with Crippen molar-refractivity contribution in [2.24, 2.45) is 28.0 Å². The predicted octanol–water partition coefficient (Wildman–Crippen LogP) is 6.90. The third kappa shape index (κ3) is 6.97. The highest BCUT2D eigenvalue weighted by Gasteiger charge is 2.46. The van der Waals surface area contributed by atoms with Gasteiger partial charge in [-0.2, -0.15) is 0 Å². The van der Waals surface area contributed by atoms with E-state index in [1.54, 1.807) is 20.3 Å². The summed E-state index contributed by atoms with van der Waals surface area (Å²) in [5.74, 6) is 0.107. The maximum absolute atomic E-state index is 14.5. The van der Waals surface area contributed by atoms with Crippen molar-refractivity contribution in [1.29, 1.82) is 0 Å². The van der Waals surface area contributed by atoms with Gasteiger partial charge in [0.1, 0.15) is 15.7 Å². The summed E-state index contributed by atoms with van der Waals surface area (Å²) in [6, 6.07) is 11.6. The Morgan fingerprint density at radius 1 is 1.16 bits per heavy atom. The lowest BCUT2D eigenvalue weighted by Gasteiger charge is -2.46. The van der Waals surface area contributed by atoms with Crippen LogP contribution in [0, 0.1) is 23.7 Å². The van der Waals surface area contributed by atoms with E-state index in [2.05, 4.69) is 38.3 Å². The summed E-state index contributed by atoms with van der Waals surface area (Å²) >= 11 is 6.46. The number of nitrogens with one attached hydrogen (secondary N) is 1. The molecule has 6 atom stereocenters. The average Bonchev–Trinajstić information content (AvgIpc) is 3.20. The van der Waals surface area contributed by atoms with Crippen LogP contribution >= 0.6 is 11.6 Å². The molecular weight excluding hydrogens is 674 g/mol. The summed E-state index contributed by atoms with van der Waals surface area (Å²) in [6.07, 6.45) is 11.0. The predicted molar refractivity (Wildman–Crippen MR) is 196 cm³/mol. The van der Waals surface area contributed by atoms with Gasteiger partial charge in [-0.25, -0.2) is 4.21 Å². The molecule has 5 aliphatic rings. The summed E-state index contributed by atoms with van der Waals surface area (Å²) in [6.45, 7) is 5.97. The minimum Gasteiger partial charge on any atom is -0.490 e. The number of amides is 2. The summed E-state index contributed by atoms with van der Waals surface area (Å²) in [4.78, 5) is 29.7. The second kappa shape index (κ2) is 13.9. The number of rotatable bonds is 4. The number of fused-ring (bicyclic) bond motifs is 4. The normalized spacial score (nSPS) is 36.0. The van der Waals surface area contributed by atoms with Gasteiger partial charge < -0.3 is 19.1 Å². The van der Waals surface area contributed by atoms with Gasteiger partial charge in [-0.15, -0.1) is 4.36 Å². The number of carbonyl (C=O) groups excluding carboxylic acids is 2. The lowest BCUT2D eigenvalue weighted by molar-refractivity contribution is -0.141. The Morgan fingerprint density at radius 2 is 1.98 bits per heavy atom. The molecule has 2 heterocycles. The highest BCUT2D eigenvalue weighted by Crippen LogP contribution is 2.47. The van der Waals surface area contributed by atoms with Gasteiger partial charge in [0.2, 0.25) is 5.91 Å². The molecule has 2 amide bonds. The number of nitrogens with zero attached hydrogens (tertiary/aromatic N) is 2. The Bertz CT molecular complexity index is 1800. The SMILES string of the molecule is CO[C@H]1/C=C/C[C@H](C)CS(=O)(NC(=O)C2CC(C)(OC)C2)=NC(=O)c2ccc3c(c2)N(C[C@@H]2CC[C@H]21)C[C@@]1(CCCc2cc(Cl)ccc21)CO3. The number of carbonyl (C=O) groups is 2. The molecule has 11 heteroatoms. The Morgan fingerprint density at radius 3 is 2.72 bits per heavy atom.